The molecular formula is C11H11BN4O2. The minimum absolute atomic E-state index is 0.0589. The average molecular weight is 242 g/mol. The van der Waals surface area contributed by atoms with Gasteiger partial charge in [-0.15, -0.1) is 0 Å². The number of rotatable bonds is 1. The van der Waals surface area contributed by atoms with Gasteiger partial charge >= 0.3 is 0 Å². The van der Waals surface area contributed by atoms with Crippen molar-refractivity contribution in [1.29, 1.82) is 0 Å². The van der Waals surface area contributed by atoms with Gasteiger partial charge in [0.2, 0.25) is 0 Å². The first-order valence-corrected chi connectivity index (χ1v) is 5.71. The molecule has 2 aromatic heterocycles. The van der Waals surface area contributed by atoms with Crippen molar-refractivity contribution >= 4 is 25.0 Å². The number of fused-ring (bicyclic) bond motifs is 1. The highest BCUT2D eigenvalue weighted by molar-refractivity contribution is 6.30. The zero-order valence-electron chi connectivity index (χ0n) is 9.74. The van der Waals surface area contributed by atoms with Gasteiger partial charge in [-0.3, -0.25) is 14.2 Å². The normalized spacial score (nSPS) is 16.1. The van der Waals surface area contributed by atoms with Crippen molar-refractivity contribution in [2.75, 3.05) is 26.3 Å². The van der Waals surface area contributed by atoms with Gasteiger partial charge in [0.25, 0.3) is 5.91 Å². The third kappa shape index (κ3) is 1.86. The van der Waals surface area contributed by atoms with Crippen LogP contribution in [0, 0.1) is 0 Å². The average Bonchev–Trinajstić information content (AvgIpc) is 2.82. The van der Waals surface area contributed by atoms with E-state index in [0.29, 0.717) is 43.2 Å². The van der Waals surface area contributed by atoms with Gasteiger partial charge in [0, 0.05) is 24.9 Å². The molecule has 1 aliphatic rings. The Labute approximate surface area is 105 Å². The maximum Gasteiger partial charge on any atom is 0.272 e. The summed E-state index contributed by atoms with van der Waals surface area (Å²) in [6, 6.07) is 0. The minimum Gasteiger partial charge on any atom is -0.378 e. The van der Waals surface area contributed by atoms with Gasteiger partial charge in [0.1, 0.15) is 13.5 Å². The molecule has 0 bridgehead atoms. The number of carbonyl (C=O) groups excluding carboxylic acids is 1. The molecule has 7 heteroatoms. The predicted octanol–water partition coefficient (Wildman–Crippen LogP) is -1.00. The summed E-state index contributed by atoms with van der Waals surface area (Å²) < 4.78 is 6.89. The second kappa shape index (κ2) is 4.42. The molecule has 90 valence electrons. The number of ether oxygens (including phenoxy) is 1. The molecule has 1 aliphatic heterocycles. The lowest BCUT2D eigenvalue weighted by atomic mass is 10.1. The molecule has 2 radical (unpaired) electrons. The number of amides is 1. The fourth-order valence-electron chi connectivity index (χ4n) is 1.99. The molecule has 6 nitrogen and oxygen atoms in total. The summed E-state index contributed by atoms with van der Waals surface area (Å²) >= 11 is 0. The summed E-state index contributed by atoms with van der Waals surface area (Å²) in [6.45, 7) is 2.36. The number of imidazole rings is 1. The number of nitrogens with zero attached hydrogens (tertiary/aromatic N) is 4. The lowest BCUT2D eigenvalue weighted by Crippen LogP contribution is -2.41. The van der Waals surface area contributed by atoms with Crippen molar-refractivity contribution in [3.8, 4) is 0 Å². The zero-order valence-corrected chi connectivity index (χ0v) is 9.74. The SMILES string of the molecule is [B]c1cn2c(C(=O)N3CCOCC3)cnc2cn1. The van der Waals surface area contributed by atoms with E-state index in [1.54, 1.807) is 27.9 Å². The highest BCUT2D eigenvalue weighted by Gasteiger charge is 2.21. The van der Waals surface area contributed by atoms with Crippen LogP contribution in [0.4, 0.5) is 0 Å². The molecule has 0 unspecified atom stereocenters. The molecule has 1 amide bonds. The molecule has 1 fully saturated rings. The fourth-order valence-corrected chi connectivity index (χ4v) is 1.99. The van der Waals surface area contributed by atoms with Crippen LogP contribution in [0.2, 0.25) is 0 Å². The number of morpholine rings is 1. The third-order valence-electron chi connectivity index (χ3n) is 2.93. The van der Waals surface area contributed by atoms with Crippen LogP contribution in [-0.4, -0.2) is 59.3 Å². The van der Waals surface area contributed by atoms with Gasteiger partial charge in [-0.25, -0.2) is 4.98 Å². The first-order valence-electron chi connectivity index (χ1n) is 5.71. The largest absolute Gasteiger partial charge is 0.378 e. The van der Waals surface area contributed by atoms with Crippen molar-refractivity contribution in [2.24, 2.45) is 0 Å². The van der Waals surface area contributed by atoms with Crippen LogP contribution in [0.5, 0.6) is 0 Å². The maximum absolute atomic E-state index is 12.3. The Bertz CT molecular complexity index is 592. The lowest BCUT2D eigenvalue weighted by Gasteiger charge is -2.26. The molecule has 0 atom stereocenters. The molecule has 1 saturated heterocycles. The molecule has 0 spiro atoms. The van der Waals surface area contributed by atoms with Crippen molar-refractivity contribution in [2.45, 2.75) is 0 Å². The molecule has 0 aromatic carbocycles. The third-order valence-corrected chi connectivity index (χ3v) is 2.93. The van der Waals surface area contributed by atoms with Gasteiger partial charge in [-0.1, -0.05) is 0 Å². The quantitative estimate of drug-likeness (QED) is 0.601. The summed E-state index contributed by atoms with van der Waals surface area (Å²) in [6.07, 6.45) is 4.70. The molecular weight excluding hydrogens is 231 g/mol. The lowest BCUT2D eigenvalue weighted by molar-refractivity contribution is 0.0298. The van der Waals surface area contributed by atoms with E-state index in [-0.39, 0.29) is 5.91 Å². The number of aromatic nitrogens is 3. The Morgan fingerprint density at radius 1 is 1.28 bits per heavy atom. The smallest absolute Gasteiger partial charge is 0.272 e. The highest BCUT2D eigenvalue weighted by Crippen LogP contribution is 2.09. The van der Waals surface area contributed by atoms with E-state index in [1.165, 1.54) is 0 Å². The van der Waals surface area contributed by atoms with E-state index < -0.39 is 0 Å². The zero-order chi connectivity index (χ0) is 12.5. The number of hydrogen-bond donors (Lipinski definition) is 0. The second-order valence-electron chi connectivity index (χ2n) is 4.09. The molecule has 2 aromatic rings. The first-order chi connectivity index (χ1) is 8.75. The van der Waals surface area contributed by atoms with Crippen molar-refractivity contribution in [1.82, 2.24) is 19.3 Å². The van der Waals surface area contributed by atoms with Gasteiger partial charge in [0.15, 0.2) is 5.65 Å². The molecule has 3 rings (SSSR count). The second-order valence-corrected chi connectivity index (χ2v) is 4.09. The molecule has 0 aliphatic carbocycles. The minimum atomic E-state index is -0.0589. The van der Waals surface area contributed by atoms with Crippen LogP contribution < -0.4 is 5.59 Å². The van der Waals surface area contributed by atoms with E-state index in [1.807, 2.05) is 0 Å². The van der Waals surface area contributed by atoms with E-state index in [2.05, 4.69) is 9.97 Å². The summed E-state index contributed by atoms with van der Waals surface area (Å²) in [5.74, 6) is -0.0589. The van der Waals surface area contributed by atoms with Crippen LogP contribution in [0.3, 0.4) is 0 Å². The Kier molecular flexibility index (Phi) is 2.75. The Morgan fingerprint density at radius 2 is 2.06 bits per heavy atom. The molecule has 18 heavy (non-hydrogen) atoms. The number of hydrogen-bond acceptors (Lipinski definition) is 4. The van der Waals surface area contributed by atoms with E-state index in [9.17, 15) is 4.79 Å². The molecule has 0 saturated carbocycles. The monoisotopic (exact) mass is 242 g/mol. The summed E-state index contributed by atoms with van der Waals surface area (Å²) in [4.78, 5) is 22.2. The topological polar surface area (TPSA) is 59.7 Å². The van der Waals surface area contributed by atoms with Crippen LogP contribution in [-0.2, 0) is 4.74 Å². The van der Waals surface area contributed by atoms with Crippen LogP contribution in [0.1, 0.15) is 10.5 Å². The summed E-state index contributed by atoms with van der Waals surface area (Å²) in [5.41, 5.74) is 1.47. The summed E-state index contributed by atoms with van der Waals surface area (Å²) in [7, 11) is 5.63. The van der Waals surface area contributed by atoms with E-state index in [0.717, 1.165) is 0 Å². The Morgan fingerprint density at radius 3 is 2.83 bits per heavy atom. The fraction of sp³-hybridized carbons (Fsp3) is 0.364. The van der Waals surface area contributed by atoms with Gasteiger partial charge < -0.3 is 9.64 Å². The Hall–Kier alpha value is -1.89. The van der Waals surface area contributed by atoms with Crippen molar-refractivity contribution < 1.29 is 9.53 Å². The Balaban J connectivity index is 1.98. The molecule has 0 N–H and O–H groups in total. The molecule has 3 heterocycles. The van der Waals surface area contributed by atoms with Crippen LogP contribution >= 0.6 is 0 Å². The first kappa shape index (κ1) is 11.2. The standard InChI is InChI=1S/C11H11BN4O2/c12-9-7-16-8(5-14-10(16)6-13-9)11(17)15-1-3-18-4-2-15/h5-7H,1-4H2. The van der Waals surface area contributed by atoms with Crippen molar-refractivity contribution in [3.05, 3.63) is 24.3 Å². The predicted molar refractivity (Wildman–Crippen MR) is 65.1 cm³/mol. The van der Waals surface area contributed by atoms with E-state index >= 15 is 0 Å². The highest BCUT2D eigenvalue weighted by atomic mass is 16.5. The van der Waals surface area contributed by atoms with Crippen LogP contribution in [0.25, 0.3) is 5.65 Å². The van der Waals surface area contributed by atoms with Crippen molar-refractivity contribution in [3.63, 3.8) is 0 Å². The maximum atomic E-state index is 12.3. The van der Waals surface area contributed by atoms with Crippen LogP contribution in [0.15, 0.2) is 18.6 Å². The van der Waals surface area contributed by atoms with Gasteiger partial charge in [-0.2, -0.15) is 0 Å². The van der Waals surface area contributed by atoms with Gasteiger partial charge in [0.05, 0.1) is 25.6 Å². The van der Waals surface area contributed by atoms with E-state index in [4.69, 9.17) is 12.6 Å². The number of carbonyl (C=O) groups is 1. The summed E-state index contributed by atoms with van der Waals surface area (Å²) in [5, 5.41) is 0. The van der Waals surface area contributed by atoms with Gasteiger partial charge in [-0.05, 0) is 0 Å².